The maximum atomic E-state index is 11.2. The molecule has 0 aliphatic carbocycles. The molecule has 1 aromatic carbocycles. The number of nitro groups is 1. The van der Waals surface area contributed by atoms with Gasteiger partial charge in [0.1, 0.15) is 5.84 Å². The van der Waals surface area contributed by atoms with E-state index in [9.17, 15) is 20.0 Å². The fraction of sp³-hybridized carbons (Fsp3) is 0.333. The van der Waals surface area contributed by atoms with Gasteiger partial charge in [-0.1, -0.05) is 12.1 Å². The van der Waals surface area contributed by atoms with Gasteiger partial charge in [-0.05, 0) is 20.8 Å². The Hall–Kier alpha value is -2.44. The molecule has 1 amide bonds. The molecule has 0 unspecified atom stereocenters. The average Bonchev–Trinajstić information content (AvgIpc) is 2.26. The third-order valence-electron chi connectivity index (χ3n) is 2.42. The van der Waals surface area contributed by atoms with Crippen molar-refractivity contribution < 1.29 is 14.8 Å². The molecule has 0 saturated carbocycles. The third-order valence-corrected chi connectivity index (χ3v) is 2.42. The van der Waals surface area contributed by atoms with E-state index in [4.69, 9.17) is 5.41 Å². The summed E-state index contributed by atoms with van der Waals surface area (Å²) in [5, 5.41) is 27.8. The van der Waals surface area contributed by atoms with Crippen LogP contribution in [0.15, 0.2) is 24.3 Å². The van der Waals surface area contributed by atoms with Gasteiger partial charge in [0.15, 0.2) is 0 Å². The molecule has 0 bridgehead atoms. The normalized spacial score (nSPS) is 10.9. The lowest BCUT2D eigenvalue weighted by atomic mass is 10.0. The monoisotopic (exact) mass is 265 g/mol. The number of carboxylic acid groups (broad SMARTS) is 1. The highest BCUT2D eigenvalue weighted by Gasteiger charge is 2.31. The predicted molar refractivity (Wildman–Crippen MR) is 69.5 cm³/mol. The molecule has 1 aromatic rings. The van der Waals surface area contributed by atoms with Gasteiger partial charge in [-0.15, -0.1) is 0 Å². The lowest BCUT2D eigenvalue weighted by molar-refractivity contribution is -0.384. The number of hydrogen-bond acceptors (Lipinski definition) is 4. The van der Waals surface area contributed by atoms with Crippen LogP contribution < -0.4 is 0 Å². The fourth-order valence-electron chi connectivity index (χ4n) is 1.61. The van der Waals surface area contributed by atoms with Gasteiger partial charge in [0.05, 0.1) is 4.92 Å². The van der Waals surface area contributed by atoms with E-state index in [2.05, 4.69) is 0 Å². The molecule has 0 radical (unpaired) electrons. The van der Waals surface area contributed by atoms with Crippen LogP contribution in [0, 0.1) is 15.5 Å². The van der Waals surface area contributed by atoms with E-state index in [1.165, 1.54) is 24.3 Å². The van der Waals surface area contributed by atoms with Crippen molar-refractivity contribution in [2.24, 2.45) is 0 Å². The van der Waals surface area contributed by atoms with E-state index >= 15 is 0 Å². The minimum absolute atomic E-state index is 0.179. The van der Waals surface area contributed by atoms with Crippen LogP contribution >= 0.6 is 0 Å². The molecule has 0 spiro atoms. The molecule has 0 fully saturated rings. The van der Waals surface area contributed by atoms with Crippen molar-refractivity contribution in [3.8, 4) is 0 Å². The molecule has 0 atom stereocenters. The maximum Gasteiger partial charge on any atom is 0.413 e. The van der Waals surface area contributed by atoms with Crippen molar-refractivity contribution >= 4 is 17.6 Å². The van der Waals surface area contributed by atoms with Gasteiger partial charge < -0.3 is 5.11 Å². The molecule has 0 saturated heterocycles. The van der Waals surface area contributed by atoms with Gasteiger partial charge in [0, 0.05) is 23.2 Å². The summed E-state index contributed by atoms with van der Waals surface area (Å²) < 4.78 is 0. The first-order valence-corrected chi connectivity index (χ1v) is 5.51. The van der Waals surface area contributed by atoms with Crippen LogP contribution in [-0.2, 0) is 0 Å². The Morgan fingerprint density at radius 3 is 2.42 bits per heavy atom. The molecular weight excluding hydrogens is 250 g/mol. The molecule has 0 heterocycles. The first-order chi connectivity index (χ1) is 8.64. The molecule has 19 heavy (non-hydrogen) atoms. The smallest absolute Gasteiger partial charge is 0.413 e. The number of amides is 1. The summed E-state index contributed by atoms with van der Waals surface area (Å²) >= 11 is 0. The number of nitro benzene ring substituents is 1. The first kappa shape index (κ1) is 14.6. The quantitative estimate of drug-likeness (QED) is 0.371. The number of non-ortho nitro benzene ring substituents is 1. The summed E-state index contributed by atoms with van der Waals surface area (Å²) in [7, 11) is 0. The van der Waals surface area contributed by atoms with Gasteiger partial charge in [-0.3, -0.25) is 20.4 Å². The molecule has 0 aliphatic heterocycles. The van der Waals surface area contributed by atoms with Crippen molar-refractivity contribution in [3.63, 3.8) is 0 Å². The molecule has 2 N–H and O–H groups in total. The van der Waals surface area contributed by atoms with Crippen LogP contribution in [0.1, 0.15) is 26.3 Å². The second-order valence-electron chi connectivity index (χ2n) is 4.94. The summed E-state index contributed by atoms with van der Waals surface area (Å²) in [6.45, 7) is 4.94. The number of nitrogens with one attached hydrogen (secondary N) is 1. The summed E-state index contributed by atoms with van der Waals surface area (Å²) in [6.07, 6.45) is -1.27. The second-order valence-corrected chi connectivity index (χ2v) is 4.94. The van der Waals surface area contributed by atoms with E-state index in [0.29, 0.717) is 0 Å². The minimum atomic E-state index is -1.27. The molecule has 102 valence electrons. The number of carbonyl (C=O) groups is 1. The van der Waals surface area contributed by atoms with Crippen LogP contribution in [-0.4, -0.2) is 32.4 Å². The zero-order valence-electron chi connectivity index (χ0n) is 10.9. The summed E-state index contributed by atoms with van der Waals surface area (Å²) in [6, 6.07) is 5.37. The van der Waals surface area contributed by atoms with Crippen molar-refractivity contribution in [3.05, 3.63) is 39.9 Å². The number of benzene rings is 1. The van der Waals surface area contributed by atoms with Crippen molar-refractivity contribution in [1.29, 1.82) is 5.41 Å². The predicted octanol–water partition coefficient (Wildman–Crippen LogP) is 2.70. The van der Waals surface area contributed by atoms with Crippen LogP contribution in [0.5, 0.6) is 0 Å². The lowest BCUT2D eigenvalue weighted by Crippen LogP contribution is -2.48. The Kier molecular flexibility index (Phi) is 3.89. The lowest BCUT2D eigenvalue weighted by Gasteiger charge is -2.33. The Balaban J connectivity index is 3.21. The second kappa shape index (κ2) is 5.05. The van der Waals surface area contributed by atoms with Crippen molar-refractivity contribution in [2.45, 2.75) is 26.3 Å². The van der Waals surface area contributed by atoms with Crippen LogP contribution in [0.2, 0.25) is 0 Å². The SMILES string of the molecule is CC(C)(C)N(C(=N)c1cccc([N+](=O)[O-])c1)C(=O)O. The fourth-order valence-corrected chi connectivity index (χ4v) is 1.61. The van der Waals surface area contributed by atoms with E-state index in [0.717, 1.165) is 4.90 Å². The van der Waals surface area contributed by atoms with Gasteiger partial charge in [0.2, 0.25) is 0 Å². The average molecular weight is 265 g/mol. The topological polar surface area (TPSA) is 108 Å². The van der Waals surface area contributed by atoms with Gasteiger partial charge in [-0.25, -0.2) is 4.79 Å². The van der Waals surface area contributed by atoms with Crippen LogP contribution in [0.3, 0.4) is 0 Å². The van der Waals surface area contributed by atoms with Crippen LogP contribution in [0.25, 0.3) is 0 Å². The van der Waals surface area contributed by atoms with Crippen LogP contribution in [0.4, 0.5) is 10.5 Å². The Labute approximate surface area is 110 Å². The van der Waals surface area contributed by atoms with Gasteiger partial charge in [0.25, 0.3) is 5.69 Å². The molecule has 7 heteroatoms. The van der Waals surface area contributed by atoms with E-state index in [1.54, 1.807) is 20.8 Å². The van der Waals surface area contributed by atoms with E-state index in [1.807, 2.05) is 0 Å². The minimum Gasteiger partial charge on any atom is -0.465 e. The van der Waals surface area contributed by atoms with Crippen molar-refractivity contribution in [1.82, 2.24) is 4.90 Å². The number of amidine groups is 1. The Morgan fingerprint density at radius 1 is 1.42 bits per heavy atom. The zero-order valence-corrected chi connectivity index (χ0v) is 10.9. The molecule has 0 aromatic heterocycles. The van der Waals surface area contributed by atoms with Gasteiger partial charge >= 0.3 is 6.09 Å². The summed E-state index contributed by atoms with van der Waals surface area (Å²) in [4.78, 5) is 22.2. The highest BCUT2D eigenvalue weighted by Crippen LogP contribution is 2.20. The molecule has 1 rings (SSSR count). The highest BCUT2D eigenvalue weighted by atomic mass is 16.6. The van der Waals surface area contributed by atoms with Gasteiger partial charge in [-0.2, -0.15) is 0 Å². The van der Waals surface area contributed by atoms with Crippen molar-refractivity contribution in [2.75, 3.05) is 0 Å². The van der Waals surface area contributed by atoms with E-state index < -0.39 is 16.6 Å². The Morgan fingerprint density at radius 2 is 2.00 bits per heavy atom. The highest BCUT2D eigenvalue weighted by molar-refractivity contribution is 6.05. The maximum absolute atomic E-state index is 11.2. The number of nitrogens with zero attached hydrogens (tertiary/aromatic N) is 2. The number of hydrogen-bond donors (Lipinski definition) is 2. The summed E-state index contributed by atoms with van der Waals surface area (Å²) in [5.41, 5.74) is -0.805. The molecular formula is C12H15N3O4. The molecule has 7 nitrogen and oxygen atoms in total. The van der Waals surface area contributed by atoms with E-state index in [-0.39, 0.29) is 17.1 Å². The third kappa shape index (κ3) is 3.27. The standard InChI is InChI=1S/C12H15N3O4/c1-12(2,3)14(11(16)17)10(13)8-5-4-6-9(7-8)15(18)19/h4-7,13H,1-3H3,(H,16,17). The first-order valence-electron chi connectivity index (χ1n) is 5.51. The molecule has 0 aliphatic rings. The number of rotatable bonds is 2. The zero-order chi connectivity index (χ0) is 14.8. The largest absolute Gasteiger partial charge is 0.465 e. The summed E-state index contributed by atoms with van der Waals surface area (Å²) in [5.74, 6) is -0.288. The Bertz CT molecular complexity index is 534.